The van der Waals surface area contributed by atoms with Crippen LogP contribution in [0.5, 0.6) is 0 Å². The average molecular weight is 756 g/mol. The van der Waals surface area contributed by atoms with E-state index in [4.69, 9.17) is 0 Å². The number of thiophene rings is 2. The topological polar surface area (TPSA) is 158 Å². The van der Waals surface area contributed by atoms with Crippen LogP contribution in [0.3, 0.4) is 0 Å². The first-order valence-corrected chi connectivity index (χ1v) is 19.7. The second kappa shape index (κ2) is 14.0. The van der Waals surface area contributed by atoms with Crippen LogP contribution in [0.25, 0.3) is 20.4 Å². The summed E-state index contributed by atoms with van der Waals surface area (Å²) in [6.45, 7) is 1.51. The maximum absolute atomic E-state index is 12.4. The van der Waals surface area contributed by atoms with Crippen LogP contribution in [-0.4, -0.2) is 68.3 Å². The lowest BCUT2D eigenvalue weighted by Crippen LogP contribution is -2.32. The van der Waals surface area contributed by atoms with E-state index >= 15 is 0 Å². The fourth-order valence-corrected chi connectivity index (χ4v) is 10.4. The molecule has 4 aromatic heterocycles. The summed E-state index contributed by atoms with van der Waals surface area (Å²) in [5, 5.41) is 18.4. The minimum atomic E-state index is -0.711. The SMILES string of the molecule is CN(C)C(=O)[C@H]1CCc2c(sc3ncnc(Nc4ccc5c(c4)C=NC5)c23)C1.O=C(O)[C@H]1CCc2c(sc3ncnc(Nc4ccc5c(c4)C=NC5)c23)C1. The van der Waals surface area contributed by atoms with E-state index in [1.54, 1.807) is 40.2 Å². The van der Waals surface area contributed by atoms with Crippen LogP contribution in [0.2, 0.25) is 0 Å². The Morgan fingerprint density at radius 1 is 0.722 bits per heavy atom. The number of hydrogen-bond donors (Lipinski definition) is 3. The lowest BCUT2D eigenvalue weighted by atomic mass is 9.87. The van der Waals surface area contributed by atoms with E-state index in [0.717, 1.165) is 98.2 Å². The van der Waals surface area contributed by atoms with Crippen LogP contribution in [0.4, 0.5) is 23.0 Å². The molecule has 6 aromatic rings. The Kier molecular flexibility index (Phi) is 8.86. The van der Waals surface area contributed by atoms with Crippen molar-refractivity contribution in [3.05, 3.63) is 92.2 Å². The Morgan fingerprint density at radius 2 is 1.22 bits per heavy atom. The molecule has 0 fully saturated rings. The smallest absolute Gasteiger partial charge is 0.306 e. The molecular weight excluding hydrogens is 719 g/mol. The highest BCUT2D eigenvalue weighted by Gasteiger charge is 2.31. The third-order valence-corrected chi connectivity index (χ3v) is 13.0. The number of benzene rings is 2. The third kappa shape index (κ3) is 6.38. The number of fused-ring (bicyclic) bond motifs is 8. The quantitative estimate of drug-likeness (QED) is 0.161. The van der Waals surface area contributed by atoms with Crippen molar-refractivity contribution in [2.45, 2.75) is 51.6 Å². The molecule has 14 heteroatoms. The highest BCUT2D eigenvalue weighted by atomic mass is 32.1. The number of anilines is 4. The molecule has 2 aliphatic carbocycles. The summed E-state index contributed by atoms with van der Waals surface area (Å²) < 4.78 is 0. The number of nitrogens with zero attached hydrogens (tertiary/aromatic N) is 7. The van der Waals surface area contributed by atoms with Crippen molar-refractivity contribution < 1.29 is 14.7 Å². The first-order chi connectivity index (χ1) is 26.3. The molecule has 0 saturated heterocycles. The standard InChI is InChI=1S/C21H21N5OS.C19H16N4O2S/c1-26(2)21(27)12-4-6-16-17(8-12)28-20-18(16)19(23-11-24-20)25-15-5-3-13-9-22-10-14(13)7-15;24-19(25)10-2-4-14-15(6-10)26-18-16(14)17(21-9-22-18)23-13-3-1-11-7-20-8-12(11)5-13/h3,5,7,10-12H,4,6,8-9H2,1-2H3,(H,23,24,25);1,3,5,8-10H,2,4,6-7H2,(H,24,25)(H,21,22,23)/t12-;10-/m00/s1. The Balaban J connectivity index is 0.000000143. The van der Waals surface area contributed by atoms with Crippen LogP contribution in [0.15, 0.2) is 59.0 Å². The van der Waals surface area contributed by atoms with Crippen molar-refractivity contribution in [2.75, 3.05) is 24.7 Å². The van der Waals surface area contributed by atoms with Crippen molar-refractivity contribution in [1.82, 2.24) is 24.8 Å². The summed E-state index contributed by atoms with van der Waals surface area (Å²) >= 11 is 3.28. The zero-order valence-corrected chi connectivity index (χ0v) is 31.4. The number of carboxylic acids is 1. The average Bonchev–Trinajstić information content (AvgIpc) is 3.98. The van der Waals surface area contributed by atoms with Crippen LogP contribution in [-0.2, 0) is 48.4 Å². The lowest BCUT2D eigenvalue weighted by Gasteiger charge is -2.24. The maximum Gasteiger partial charge on any atom is 0.306 e. The van der Waals surface area contributed by atoms with E-state index in [9.17, 15) is 14.7 Å². The molecule has 2 aromatic carbocycles. The molecule has 0 spiro atoms. The van der Waals surface area contributed by atoms with E-state index < -0.39 is 5.97 Å². The minimum Gasteiger partial charge on any atom is -0.481 e. The predicted octanol–water partition coefficient (Wildman–Crippen LogP) is 7.12. The largest absolute Gasteiger partial charge is 0.481 e. The van der Waals surface area contributed by atoms with E-state index in [1.165, 1.54) is 27.1 Å². The zero-order valence-electron chi connectivity index (χ0n) is 29.8. The van der Waals surface area contributed by atoms with Crippen molar-refractivity contribution in [3.8, 4) is 0 Å². The molecule has 3 N–H and O–H groups in total. The summed E-state index contributed by atoms with van der Waals surface area (Å²) in [7, 11) is 3.66. The summed E-state index contributed by atoms with van der Waals surface area (Å²) in [5.41, 5.74) is 9.25. The van der Waals surface area contributed by atoms with Gasteiger partial charge in [-0.2, -0.15) is 0 Å². The highest BCUT2D eigenvalue weighted by molar-refractivity contribution is 7.19. The number of carbonyl (C=O) groups excluding carboxylic acids is 1. The molecule has 0 radical (unpaired) electrons. The number of carbonyl (C=O) groups is 2. The molecule has 2 atom stereocenters. The van der Waals surface area contributed by atoms with Crippen molar-refractivity contribution >= 4 is 90.4 Å². The number of amides is 1. The molecule has 12 nitrogen and oxygen atoms in total. The van der Waals surface area contributed by atoms with Gasteiger partial charge in [-0.3, -0.25) is 19.6 Å². The van der Waals surface area contributed by atoms with Crippen molar-refractivity contribution in [1.29, 1.82) is 0 Å². The van der Waals surface area contributed by atoms with Gasteiger partial charge in [0.25, 0.3) is 0 Å². The van der Waals surface area contributed by atoms with Gasteiger partial charge in [0, 0.05) is 53.6 Å². The number of aliphatic carboxylic acids is 1. The molecular formula is C40H37N9O3S2. The first-order valence-electron chi connectivity index (χ1n) is 18.0. The number of nitrogens with one attached hydrogen (secondary N) is 2. The molecule has 272 valence electrons. The van der Waals surface area contributed by atoms with Gasteiger partial charge in [0.05, 0.1) is 29.8 Å². The van der Waals surface area contributed by atoms with Crippen LogP contribution < -0.4 is 10.6 Å². The van der Waals surface area contributed by atoms with E-state index in [2.05, 4.69) is 70.9 Å². The molecule has 0 bridgehead atoms. The van der Waals surface area contributed by atoms with Gasteiger partial charge in [0.15, 0.2) is 0 Å². The molecule has 6 heterocycles. The fourth-order valence-electron chi connectivity index (χ4n) is 7.83. The number of hydrogen-bond acceptors (Lipinski definition) is 12. The Bertz CT molecular complexity index is 2540. The summed E-state index contributed by atoms with van der Waals surface area (Å²) in [5.74, 6) is 0.905. The van der Waals surface area contributed by atoms with Gasteiger partial charge in [-0.25, -0.2) is 19.9 Å². The monoisotopic (exact) mass is 755 g/mol. The Hall–Kier alpha value is -5.60. The molecule has 54 heavy (non-hydrogen) atoms. The molecule has 0 saturated carbocycles. The minimum absolute atomic E-state index is 0.0657. The Labute approximate surface area is 319 Å². The number of rotatable bonds is 6. The van der Waals surface area contributed by atoms with Gasteiger partial charge in [-0.15, -0.1) is 22.7 Å². The molecule has 2 aliphatic heterocycles. The van der Waals surface area contributed by atoms with Gasteiger partial charge < -0.3 is 20.6 Å². The number of aryl methyl sites for hydroxylation is 2. The number of carboxylic acid groups (broad SMARTS) is 1. The van der Waals surface area contributed by atoms with Crippen molar-refractivity contribution in [2.24, 2.45) is 21.8 Å². The zero-order chi connectivity index (χ0) is 36.9. The van der Waals surface area contributed by atoms with E-state index in [-0.39, 0.29) is 17.7 Å². The molecule has 4 aliphatic rings. The normalized spacial score (nSPS) is 17.7. The first kappa shape index (κ1) is 34.2. The molecule has 10 rings (SSSR count). The predicted molar refractivity (Wildman–Crippen MR) is 214 cm³/mol. The lowest BCUT2D eigenvalue weighted by molar-refractivity contribution is -0.142. The van der Waals surface area contributed by atoms with E-state index in [0.29, 0.717) is 12.8 Å². The molecule has 1 amide bonds. The van der Waals surface area contributed by atoms with Gasteiger partial charge in [-0.05, 0) is 96.2 Å². The number of aliphatic imine (C=N–C) groups is 2. The van der Waals surface area contributed by atoms with Gasteiger partial charge in [-0.1, -0.05) is 12.1 Å². The van der Waals surface area contributed by atoms with Gasteiger partial charge in [0.1, 0.15) is 34.0 Å². The highest BCUT2D eigenvalue weighted by Crippen LogP contribution is 2.42. The van der Waals surface area contributed by atoms with E-state index in [1.807, 2.05) is 32.6 Å². The van der Waals surface area contributed by atoms with Gasteiger partial charge >= 0.3 is 5.97 Å². The summed E-state index contributed by atoms with van der Waals surface area (Å²) in [6, 6.07) is 12.5. The van der Waals surface area contributed by atoms with Crippen LogP contribution in [0, 0.1) is 11.8 Å². The summed E-state index contributed by atoms with van der Waals surface area (Å²) in [6.07, 6.45) is 11.6. The maximum atomic E-state index is 12.4. The van der Waals surface area contributed by atoms with Crippen LogP contribution in [0.1, 0.15) is 56.0 Å². The van der Waals surface area contributed by atoms with Crippen LogP contribution >= 0.6 is 22.7 Å². The second-order valence-corrected chi connectivity index (χ2v) is 16.4. The second-order valence-electron chi connectivity index (χ2n) is 14.3. The Morgan fingerprint density at radius 3 is 1.72 bits per heavy atom. The fraction of sp³-hybridized carbons (Fsp3) is 0.300. The summed E-state index contributed by atoms with van der Waals surface area (Å²) in [4.78, 5) is 56.3. The van der Waals surface area contributed by atoms with Gasteiger partial charge in [0.2, 0.25) is 5.91 Å². The van der Waals surface area contributed by atoms with Crippen molar-refractivity contribution in [3.63, 3.8) is 0 Å². The number of aromatic nitrogens is 4. The molecule has 0 unspecified atom stereocenters. The third-order valence-electron chi connectivity index (χ3n) is 10.6.